The Morgan fingerprint density at radius 1 is 1.33 bits per heavy atom. The molecule has 1 aromatic carbocycles. The molecule has 0 aliphatic rings. The Kier molecular flexibility index (Phi) is 5.64. The van der Waals surface area contributed by atoms with Crippen molar-refractivity contribution in [1.29, 1.82) is 5.26 Å². The second kappa shape index (κ2) is 7.69. The van der Waals surface area contributed by atoms with Crippen LogP contribution in [-0.4, -0.2) is 10.5 Å². The molecule has 0 aliphatic carbocycles. The van der Waals surface area contributed by atoms with Crippen molar-refractivity contribution in [3.05, 3.63) is 47.3 Å². The van der Waals surface area contributed by atoms with Crippen LogP contribution in [0.4, 0.5) is 11.4 Å². The van der Waals surface area contributed by atoms with E-state index in [1.165, 1.54) is 0 Å². The molecule has 2 aromatic rings. The second-order valence-electron chi connectivity index (χ2n) is 6.48. The first-order valence-corrected chi connectivity index (χ1v) is 8.15. The van der Waals surface area contributed by atoms with E-state index in [2.05, 4.69) is 25.2 Å². The van der Waals surface area contributed by atoms with Crippen LogP contribution in [0.3, 0.4) is 0 Å². The van der Waals surface area contributed by atoms with Crippen LogP contribution in [0.5, 0.6) is 0 Å². The van der Waals surface area contributed by atoms with Gasteiger partial charge in [-0.05, 0) is 43.9 Å². The predicted octanol–water partition coefficient (Wildman–Crippen LogP) is 3.48. The number of amides is 1. The molecule has 0 bridgehead atoms. The topological polar surface area (TPSA) is 83.8 Å². The largest absolute Gasteiger partial charge is 0.397 e. The van der Waals surface area contributed by atoms with E-state index in [1.54, 1.807) is 10.6 Å². The first-order chi connectivity index (χ1) is 11.4. The highest BCUT2D eigenvalue weighted by Crippen LogP contribution is 2.21. The number of hydrogen-bond donors (Lipinski definition) is 2. The number of nitrogens with two attached hydrogens (primary N) is 1. The van der Waals surface area contributed by atoms with E-state index >= 15 is 0 Å². The van der Waals surface area contributed by atoms with Gasteiger partial charge in [0.25, 0.3) is 0 Å². The van der Waals surface area contributed by atoms with E-state index in [4.69, 9.17) is 5.73 Å². The van der Waals surface area contributed by atoms with Crippen molar-refractivity contribution in [2.24, 2.45) is 5.92 Å². The number of nitriles is 1. The van der Waals surface area contributed by atoms with Gasteiger partial charge in [0.15, 0.2) is 0 Å². The third kappa shape index (κ3) is 4.39. The van der Waals surface area contributed by atoms with Gasteiger partial charge in [-0.3, -0.25) is 4.79 Å². The quantitative estimate of drug-likeness (QED) is 0.853. The van der Waals surface area contributed by atoms with Crippen molar-refractivity contribution in [1.82, 2.24) is 4.57 Å². The predicted molar refractivity (Wildman–Crippen MR) is 96.5 cm³/mol. The number of aromatic nitrogens is 1. The Balaban J connectivity index is 2.16. The van der Waals surface area contributed by atoms with Gasteiger partial charge < -0.3 is 15.6 Å². The number of carbonyl (C=O) groups excluding carboxylic acids is 1. The molecule has 2 rings (SSSR count). The fourth-order valence-corrected chi connectivity index (χ4v) is 2.57. The van der Waals surface area contributed by atoms with Crippen molar-refractivity contribution in [3.8, 4) is 6.07 Å². The first-order valence-electron chi connectivity index (χ1n) is 8.15. The first kappa shape index (κ1) is 17.6. The standard InChI is InChI=1S/C19H24N4O/c1-13(2)4-9-18-17(21)10-16(11-20)23(18)12-19(24)22-15-7-5-14(3)6-8-15/h5-8,10,13H,4,9,12,21H2,1-3H3,(H,22,24). The van der Waals surface area contributed by atoms with Gasteiger partial charge in [0.2, 0.25) is 5.91 Å². The number of anilines is 2. The van der Waals surface area contributed by atoms with Crippen molar-refractivity contribution < 1.29 is 4.79 Å². The van der Waals surface area contributed by atoms with Crippen molar-refractivity contribution in [3.63, 3.8) is 0 Å². The summed E-state index contributed by atoms with van der Waals surface area (Å²) in [5.74, 6) is 0.358. The number of nitrogen functional groups attached to an aromatic ring is 1. The molecule has 0 saturated heterocycles. The zero-order chi connectivity index (χ0) is 17.7. The van der Waals surface area contributed by atoms with Gasteiger partial charge in [-0.1, -0.05) is 31.5 Å². The van der Waals surface area contributed by atoms with E-state index in [0.29, 0.717) is 17.3 Å². The number of benzene rings is 1. The molecule has 0 radical (unpaired) electrons. The van der Waals surface area contributed by atoms with Gasteiger partial charge >= 0.3 is 0 Å². The van der Waals surface area contributed by atoms with Crippen LogP contribution in [-0.2, 0) is 17.8 Å². The Bertz CT molecular complexity index is 751. The maximum Gasteiger partial charge on any atom is 0.244 e. The molecule has 0 saturated carbocycles. The van der Waals surface area contributed by atoms with E-state index in [9.17, 15) is 10.1 Å². The molecule has 126 valence electrons. The second-order valence-corrected chi connectivity index (χ2v) is 6.48. The molecular formula is C19H24N4O. The number of rotatable bonds is 6. The molecule has 24 heavy (non-hydrogen) atoms. The van der Waals surface area contributed by atoms with Gasteiger partial charge in [0.1, 0.15) is 18.3 Å². The zero-order valence-electron chi connectivity index (χ0n) is 14.5. The molecule has 0 unspecified atom stereocenters. The molecule has 5 heteroatoms. The Morgan fingerprint density at radius 3 is 2.58 bits per heavy atom. The average Bonchev–Trinajstić information content (AvgIpc) is 2.82. The lowest BCUT2D eigenvalue weighted by molar-refractivity contribution is -0.116. The third-order valence-electron chi connectivity index (χ3n) is 3.95. The molecule has 0 fully saturated rings. The molecule has 0 atom stereocenters. The van der Waals surface area contributed by atoms with Gasteiger partial charge in [-0.2, -0.15) is 5.26 Å². The summed E-state index contributed by atoms with van der Waals surface area (Å²) in [5, 5.41) is 12.2. The third-order valence-corrected chi connectivity index (χ3v) is 3.95. The molecule has 1 amide bonds. The average molecular weight is 324 g/mol. The summed E-state index contributed by atoms with van der Waals surface area (Å²) >= 11 is 0. The van der Waals surface area contributed by atoms with Crippen LogP contribution in [0.2, 0.25) is 0 Å². The molecule has 3 N–H and O–H groups in total. The minimum absolute atomic E-state index is 0.0847. The molecule has 5 nitrogen and oxygen atoms in total. The lowest BCUT2D eigenvalue weighted by Gasteiger charge is -2.13. The van der Waals surface area contributed by atoms with E-state index in [0.717, 1.165) is 29.8 Å². The molecule has 1 heterocycles. The summed E-state index contributed by atoms with van der Waals surface area (Å²) < 4.78 is 1.72. The number of nitrogens with one attached hydrogen (secondary N) is 1. The van der Waals surface area contributed by atoms with Crippen LogP contribution in [0.15, 0.2) is 30.3 Å². The van der Waals surface area contributed by atoms with Gasteiger partial charge in [-0.15, -0.1) is 0 Å². The minimum Gasteiger partial charge on any atom is -0.397 e. The Morgan fingerprint density at radius 2 is 2.00 bits per heavy atom. The summed E-state index contributed by atoms with van der Waals surface area (Å²) in [6.45, 7) is 6.35. The molecule has 1 aromatic heterocycles. The lowest BCUT2D eigenvalue weighted by Crippen LogP contribution is -2.21. The SMILES string of the molecule is Cc1ccc(NC(=O)Cn2c(C#N)cc(N)c2CCC(C)C)cc1. The van der Waals surface area contributed by atoms with Crippen LogP contribution < -0.4 is 11.1 Å². The van der Waals surface area contributed by atoms with E-state index in [-0.39, 0.29) is 12.5 Å². The van der Waals surface area contributed by atoms with E-state index < -0.39 is 0 Å². The summed E-state index contributed by atoms with van der Waals surface area (Å²) in [5.41, 5.74) is 9.78. The van der Waals surface area contributed by atoms with Crippen molar-refractivity contribution in [2.75, 3.05) is 11.1 Å². The zero-order valence-corrected chi connectivity index (χ0v) is 14.5. The normalized spacial score (nSPS) is 10.6. The van der Waals surface area contributed by atoms with E-state index in [1.807, 2.05) is 31.2 Å². The molecule has 0 aliphatic heterocycles. The fraction of sp³-hybridized carbons (Fsp3) is 0.368. The van der Waals surface area contributed by atoms with Crippen molar-refractivity contribution >= 4 is 17.3 Å². The number of carbonyl (C=O) groups is 1. The summed E-state index contributed by atoms with van der Waals surface area (Å²) in [6, 6.07) is 11.4. The summed E-state index contributed by atoms with van der Waals surface area (Å²) in [4.78, 5) is 12.4. The van der Waals surface area contributed by atoms with Crippen LogP contribution in [0.1, 0.15) is 37.2 Å². The van der Waals surface area contributed by atoms with Crippen LogP contribution in [0.25, 0.3) is 0 Å². The highest BCUT2D eigenvalue weighted by atomic mass is 16.1. The lowest BCUT2D eigenvalue weighted by atomic mass is 10.1. The highest BCUT2D eigenvalue weighted by molar-refractivity contribution is 5.90. The fourth-order valence-electron chi connectivity index (χ4n) is 2.57. The maximum absolute atomic E-state index is 12.4. The summed E-state index contributed by atoms with van der Waals surface area (Å²) in [6.07, 6.45) is 1.71. The van der Waals surface area contributed by atoms with Gasteiger partial charge in [0.05, 0.1) is 5.69 Å². The number of hydrogen-bond acceptors (Lipinski definition) is 3. The molecule has 0 spiro atoms. The smallest absolute Gasteiger partial charge is 0.244 e. The van der Waals surface area contributed by atoms with Gasteiger partial charge in [-0.25, -0.2) is 0 Å². The summed E-state index contributed by atoms with van der Waals surface area (Å²) in [7, 11) is 0. The van der Waals surface area contributed by atoms with Crippen molar-refractivity contribution in [2.45, 2.75) is 40.2 Å². The Labute approximate surface area is 143 Å². The Hall–Kier alpha value is -2.74. The number of nitrogens with zero attached hydrogens (tertiary/aromatic N) is 2. The number of aryl methyl sites for hydroxylation is 1. The minimum atomic E-state index is -0.170. The van der Waals surface area contributed by atoms with Crippen LogP contribution >= 0.6 is 0 Å². The maximum atomic E-state index is 12.4. The highest BCUT2D eigenvalue weighted by Gasteiger charge is 2.16. The monoisotopic (exact) mass is 324 g/mol. The van der Waals surface area contributed by atoms with Gasteiger partial charge in [0, 0.05) is 11.4 Å². The molecular weight excluding hydrogens is 300 g/mol. The van der Waals surface area contributed by atoms with Crippen LogP contribution in [0, 0.1) is 24.2 Å².